The van der Waals surface area contributed by atoms with Crippen molar-refractivity contribution in [1.29, 1.82) is 0 Å². The van der Waals surface area contributed by atoms with Gasteiger partial charge in [-0.1, -0.05) is 84.9 Å². The minimum Gasteiger partial charge on any atom is -0.481 e. The van der Waals surface area contributed by atoms with Gasteiger partial charge in [0.1, 0.15) is 5.60 Å². The fraction of sp³-hybridized carbons (Fsp3) is 0.286. The zero-order chi connectivity index (χ0) is 23.8. The second kappa shape index (κ2) is 10.8. The van der Waals surface area contributed by atoms with E-state index in [1.165, 1.54) is 0 Å². The van der Waals surface area contributed by atoms with E-state index in [2.05, 4.69) is 24.3 Å². The molecule has 0 bridgehead atoms. The Labute approximate surface area is 195 Å². The first kappa shape index (κ1) is 24.1. The molecule has 0 aliphatic carbocycles. The Balaban J connectivity index is 1.94. The maximum absolute atomic E-state index is 13.2. The van der Waals surface area contributed by atoms with Gasteiger partial charge in [-0.25, -0.2) is 4.79 Å². The largest absolute Gasteiger partial charge is 0.481 e. The number of carbonyl (C=O) groups is 2. The highest BCUT2D eigenvalue weighted by Gasteiger charge is 2.26. The Kier molecular flexibility index (Phi) is 7.88. The summed E-state index contributed by atoms with van der Waals surface area (Å²) in [5.41, 5.74) is 3.15. The lowest BCUT2D eigenvalue weighted by molar-refractivity contribution is -0.136. The van der Waals surface area contributed by atoms with E-state index in [0.717, 1.165) is 16.7 Å². The van der Waals surface area contributed by atoms with E-state index in [1.807, 2.05) is 75.4 Å². The van der Waals surface area contributed by atoms with Crippen molar-refractivity contribution in [2.75, 3.05) is 6.54 Å². The predicted octanol–water partition coefficient (Wildman–Crippen LogP) is 5.88. The first-order valence-electron chi connectivity index (χ1n) is 11.1. The van der Waals surface area contributed by atoms with Gasteiger partial charge in [0.05, 0.1) is 6.42 Å². The summed E-state index contributed by atoms with van der Waals surface area (Å²) in [6.07, 6.45) is -0.459. The van der Waals surface area contributed by atoms with Gasteiger partial charge in [0.15, 0.2) is 0 Å². The Morgan fingerprint density at radius 2 is 1.39 bits per heavy atom. The van der Waals surface area contributed by atoms with Crippen LogP contribution in [-0.2, 0) is 22.5 Å². The lowest BCUT2D eigenvalue weighted by Gasteiger charge is -2.31. The number of carboxylic acids is 1. The second-order valence-corrected chi connectivity index (χ2v) is 9.13. The Hall–Kier alpha value is -3.60. The van der Waals surface area contributed by atoms with Crippen LogP contribution in [0.5, 0.6) is 0 Å². The van der Waals surface area contributed by atoms with Crippen LogP contribution in [0.4, 0.5) is 4.79 Å². The third-order valence-corrected chi connectivity index (χ3v) is 5.18. The predicted molar refractivity (Wildman–Crippen MR) is 129 cm³/mol. The Morgan fingerprint density at radius 3 is 1.91 bits per heavy atom. The van der Waals surface area contributed by atoms with Crippen molar-refractivity contribution in [2.24, 2.45) is 0 Å². The number of hydrogen-bond donors (Lipinski definition) is 1. The SMILES string of the molecule is CC(C)(C)OC(=O)N(Cc1cccc(CC(=O)O)c1)CC(c1ccccc1)c1ccccc1. The Bertz CT molecular complexity index is 1020. The van der Waals surface area contributed by atoms with Crippen LogP contribution in [0.2, 0.25) is 0 Å². The number of carboxylic acid groups (broad SMARTS) is 1. The molecular weight excluding hydrogens is 414 g/mol. The normalized spacial score (nSPS) is 11.3. The number of rotatable bonds is 8. The van der Waals surface area contributed by atoms with Crippen molar-refractivity contribution in [2.45, 2.75) is 45.3 Å². The number of aliphatic carboxylic acids is 1. The summed E-state index contributed by atoms with van der Waals surface area (Å²) >= 11 is 0. The zero-order valence-corrected chi connectivity index (χ0v) is 19.4. The van der Waals surface area contributed by atoms with Gasteiger partial charge in [-0.2, -0.15) is 0 Å². The molecule has 3 rings (SSSR count). The van der Waals surface area contributed by atoms with Crippen LogP contribution in [0, 0.1) is 0 Å². The quantitative estimate of drug-likeness (QED) is 0.470. The lowest BCUT2D eigenvalue weighted by atomic mass is 9.90. The fourth-order valence-electron chi connectivity index (χ4n) is 3.76. The minimum absolute atomic E-state index is 0.0397. The summed E-state index contributed by atoms with van der Waals surface area (Å²) in [6, 6.07) is 27.6. The van der Waals surface area contributed by atoms with Crippen molar-refractivity contribution in [3.8, 4) is 0 Å². The molecule has 0 aliphatic rings. The average molecular weight is 446 g/mol. The molecule has 0 saturated carbocycles. The van der Waals surface area contributed by atoms with E-state index in [-0.39, 0.29) is 12.3 Å². The topological polar surface area (TPSA) is 66.8 Å². The molecule has 0 aromatic heterocycles. The molecule has 0 radical (unpaired) electrons. The third-order valence-electron chi connectivity index (χ3n) is 5.18. The molecule has 0 saturated heterocycles. The summed E-state index contributed by atoms with van der Waals surface area (Å²) in [7, 11) is 0. The van der Waals surface area contributed by atoms with E-state index in [1.54, 1.807) is 11.0 Å². The minimum atomic E-state index is -0.885. The molecule has 0 heterocycles. The van der Waals surface area contributed by atoms with Gasteiger partial charge in [0, 0.05) is 19.0 Å². The Morgan fingerprint density at radius 1 is 0.848 bits per heavy atom. The maximum atomic E-state index is 13.2. The molecule has 0 spiro atoms. The summed E-state index contributed by atoms with van der Waals surface area (Å²) in [4.78, 5) is 26.1. The van der Waals surface area contributed by atoms with Gasteiger partial charge in [0.25, 0.3) is 0 Å². The number of carbonyl (C=O) groups excluding carboxylic acids is 1. The summed E-state index contributed by atoms with van der Waals surface area (Å²) in [5.74, 6) is -0.925. The summed E-state index contributed by atoms with van der Waals surface area (Å²) in [6.45, 7) is 6.29. The zero-order valence-electron chi connectivity index (χ0n) is 19.4. The van der Waals surface area contributed by atoms with Crippen LogP contribution >= 0.6 is 0 Å². The number of amides is 1. The molecule has 3 aromatic carbocycles. The third kappa shape index (κ3) is 7.49. The van der Waals surface area contributed by atoms with Crippen LogP contribution in [0.25, 0.3) is 0 Å². The van der Waals surface area contributed by atoms with E-state index in [4.69, 9.17) is 9.84 Å². The first-order valence-corrected chi connectivity index (χ1v) is 11.1. The molecule has 0 aliphatic heterocycles. The van der Waals surface area contributed by atoms with Crippen LogP contribution < -0.4 is 0 Å². The number of ether oxygens (including phenoxy) is 1. The van der Waals surface area contributed by atoms with E-state index >= 15 is 0 Å². The smallest absolute Gasteiger partial charge is 0.410 e. The molecule has 1 amide bonds. The highest BCUT2D eigenvalue weighted by molar-refractivity contribution is 5.70. The van der Waals surface area contributed by atoms with Crippen LogP contribution in [0.15, 0.2) is 84.9 Å². The summed E-state index contributed by atoms with van der Waals surface area (Å²) in [5, 5.41) is 9.14. The van der Waals surface area contributed by atoms with Gasteiger partial charge in [-0.15, -0.1) is 0 Å². The second-order valence-electron chi connectivity index (χ2n) is 9.13. The highest BCUT2D eigenvalue weighted by atomic mass is 16.6. The van der Waals surface area contributed by atoms with E-state index in [9.17, 15) is 9.59 Å². The number of nitrogens with zero attached hydrogens (tertiary/aromatic N) is 1. The molecule has 0 fully saturated rings. The summed E-state index contributed by atoms with van der Waals surface area (Å²) < 4.78 is 5.73. The van der Waals surface area contributed by atoms with Crippen molar-refractivity contribution >= 4 is 12.1 Å². The van der Waals surface area contributed by atoms with Gasteiger partial charge in [0.2, 0.25) is 0 Å². The molecule has 0 unspecified atom stereocenters. The molecular formula is C28H31NO4. The lowest BCUT2D eigenvalue weighted by Crippen LogP contribution is -2.39. The molecule has 33 heavy (non-hydrogen) atoms. The maximum Gasteiger partial charge on any atom is 0.410 e. The van der Waals surface area contributed by atoms with Gasteiger partial charge in [-0.05, 0) is 43.0 Å². The van der Waals surface area contributed by atoms with Crippen molar-refractivity contribution in [3.05, 3.63) is 107 Å². The number of benzene rings is 3. The standard InChI is InChI=1S/C28H31NO4/c1-28(2,3)33-27(32)29(19-22-12-10-11-21(17-22)18-26(30)31)20-25(23-13-6-4-7-14-23)24-15-8-5-9-16-24/h4-17,25H,18-20H2,1-3H3,(H,30,31). The molecule has 1 N–H and O–H groups in total. The first-order chi connectivity index (χ1) is 15.7. The molecule has 3 aromatic rings. The monoisotopic (exact) mass is 445 g/mol. The van der Waals surface area contributed by atoms with Crippen molar-refractivity contribution in [1.82, 2.24) is 4.90 Å². The van der Waals surface area contributed by atoms with Crippen LogP contribution in [-0.4, -0.2) is 34.2 Å². The molecule has 5 heteroatoms. The van der Waals surface area contributed by atoms with E-state index < -0.39 is 17.7 Å². The fourth-order valence-corrected chi connectivity index (χ4v) is 3.76. The van der Waals surface area contributed by atoms with Crippen molar-refractivity contribution < 1.29 is 19.4 Å². The molecule has 0 atom stereocenters. The van der Waals surface area contributed by atoms with E-state index in [0.29, 0.717) is 18.7 Å². The number of hydrogen-bond acceptors (Lipinski definition) is 3. The molecule has 172 valence electrons. The molecule has 5 nitrogen and oxygen atoms in total. The van der Waals surface area contributed by atoms with Crippen LogP contribution in [0.1, 0.15) is 48.9 Å². The average Bonchev–Trinajstić information content (AvgIpc) is 2.76. The highest BCUT2D eigenvalue weighted by Crippen LogP contribution is 2.27. The van der Waals surface area contributed by atoms with Gasteiger partial charge >= 0.3 is 12.1 Å². The van der Waals surface area contributed by atoms with Gasteiger partial charge in [-0.3, -0.25) is 4.79 Å². The van der Waals surface area contributed by atoms with Crippen LogP contribution in [0.3, 0.4) is 0 Å². The van der Waals surface area contributed by atoms with Crippen molar-refractivity contribution in [3.63, 3.8) is 0 Å². The van der Waals surface area contributed by atoms with Gasteiger partial charge < -0.3 is 14.7 Å².